The van der Waals surface area contributed by atoms with E-state index in [1.807, 2.05) is 0 Å². The SMILES string of the molecule is c1ccc(-c2cccc(-n3c4ccccc4c4cc(-n5c6ccc(-c7cccc8oc9ccc(-c%10ccccc%10)cc9c78)cc6c6cc([Si](c7ccccc7)(c7ccccc7)c7ccccc7)ccc65)ccc43)c2)cc1. The van der Waals surface area contributed by atoms with Gasteiger partial charge in [-0.1, -0.05) is 218 Å². The fourth-order valence-electron chi connectivity index (χ4n) is 12.5. The van der Waals surface area contributed by atoms with Crippen molar-refractivity contribution < 1.29 is 4.42 Å². The first-order valence-electron chi connectivity index (χ1n) is 26.1. The molecule has 0 unspecified atom stereocenters. The monoisotopic (exact) mass is 984 g/mol. The van der Waals surface area contributed by atoms with Gasteiger partial charge in [0.05, 0.1) is 22.1 Å². The Morgan fingerprint density at radius 3 is 1.38 bits per heavy atom. The number of nitrogens with zero attached hydrogens (tertiary/aromatic N) is 2. The van der Waals surface area contributed by atoms with Crippen molar-refractivity contribution in [3.05, 3.63) is 291 Å². The van der Waals surface area contributed by atoms with Gasteiger partial charge < -0.3 is 13.6 Å². The number of para-hydroxylation sites is 1. The molecule has 15 rings (SSSR count). The topological polar surface area (TPSA) is 23.0 Å². The molecule has 3 aromatic heterocycles. The lowest BCUT2D eigenvalue weighted by Gasteiger charge is -2.34. The summed E-state index contributed by atoms with van der Waals surface area (Å²) in [5.74, 6) is 0. The van der Waals surface area contributed by atoms with Crippen molar-refractivity contribution in [3.63, 3.8) is 0 Å². The van der Waals surface area contributed by atoms with E-state index in [1.165, 1.54) is 75.6 Å². The van der Waals surface area contributed by atoms with Crippen LogP contribution in [0.2, 0.25) is 0 Å². The fourth-order valence-corrected chi connectivity index (χ4v) is 17.2. The average Bonchev–Trinajstić information content (AvgIpc) is 4.26. The molecule has 0 aliphatic heterocycles. The van der Waals surface area contributed by atoms with Crippen molar-refractivity contribution >= 4 is 94.4 Å². The average molecular weight is 985 g/mol. The maximum Gasteiger partial charge on any atom is 0.179 e. The van der Waals surface area contributed by atoms with E-state index in [-0.39, 0.29) is 0 Å². The number of hydrogen-bond donors (Lipinski definition) is 0. The molecule has 0 amide bonds. The zero-order chi connectivity index (χ0) is 50.2. The smallest absolute Gasteiger partial charge is 0.179 e. The molecule has 3 heterocycles. The predicted molar refractivity (Wildman–Crippen MR) is 322 cm³/mol. The number of hydrogen-bond acceptors (Lipinski definition) is 1. The van der Waals surface area contributed by atoms with Gasteiger partial charge in [0.25, 0.3) is 0 Å². The van der Waals surface area contributed by atoms with Gasteiger partial charge in [0.15, 0.2) is 8.07 Å². The summed E-state index contributed by atoms with van der Waals surface area (Å²) >= 11 is 0. The first-order valence-corrected chi connectivity index (χ1v) is 28.1. The van der Waals surface area contributed by atoms with Crippen LogP contribution in [0.25, 0.3) is 110 Å². The number of rotatable bonds is 9. The molecule has 0 spiro atoms. The molecule has 0 fully saturated rings. The highest BCUT2D eigenvalue weighted by Gasteiger charge is 2.41. The van der Waals surface area contributed by atoms with E-state index in [0.717, 1.165) is 55.5 Å². The second kappa shape index (κ2) is 17.7. The highest BCUT2D eigenvalue weighted by atomic mass is 28.3. The van der Waals surface area contributed by atoms with Crippen LogP contribution in [0, 0.1) is 0 Å². The van der Waals surface area contributed by atoms with Crippen LogP contribution in [0.4, 0.5) is 0 Å². The Balaban J connectivity index is 0.992. The maximum atomic E-state index is 6.62. The van der Waals surface area contributed by atoms with Crippen molar-refractivity contribution in [1.29, 1.82) is 0 Å². The highest BCUT2D eigenvalue weighted by molar-refractivity contribution is 7.20. The van der Waals surface area contributed by atoms with Crippen LogP contribution in [0.1, 0.15) is 0 Å². The molecule has 0 aliphatic rings. The maximum absolute atomic E-state index is 6.62. The Labute approximate surface area is 441 Å². The molecule has 0 atom stereocenters. The molecule has 0 bridgehead atoms. The predicted octanol–water partition coefficient (Wildman–Crippen LogP) is 16.2. The molecule has 15 aromatic rings. The Morgan fingerprint density at radius 2 is 0.724 bits per heavy atom. The number of aromatic nitrogens is 2. The summed E-state index contributed by atoms with van der Waals surface area (Å²) in [4.78, 5) is 0. The summed E-state index contributed by atoms with van der Waals surface area (Å²) in [6.07, 6.45) is 0. The van der Waals surface area contributed by atoms with Crippen LogP contribution in [0.3, 0.4) is 0 Å². The van der Waals surface area contributed by atoms with E-state index < -0.39 is 8.07 Å². The van der Waals surface area contributed by atoms with Crippen molar-refractivity contribution in [2.24, 2.45) is 0 Å². The normalized spacial score (nSPS) is 11.9. The van der Waals surface area contributed by atoms with E-state index in [2.05, 4.69) is 300 Å². The number of fused-ring (bicyclic) bond motifs is 9. The van der Waals surface area contributed by atoms with Gasteiger partial charge >= 0.3 is 0 Å². The van der Waals surface area contributed by atoms with Crippen molar-refractivity contribution in [2.45, 2.75) is 0 Å². The van der Waals surface area contributed by atoms with Crippen LogP contribution in [0.5, 0.6) is 0 Å². The molecule has 0 saturated carbocycles. The Kier molecular flexibility index (Phi) is 10.2. The summed E-state index contributed by atoms with van der Waals surface area (Å²) in [6.45, 7) is 0. The van der Waals surface area contributed by atoms with E-state index in [4.69, 9.17) is 4.42 Å². The largest absolute Gasteiger partial charge is 0.456 e. The molecule has 12 aromatic carbocycles. The van der Waals surface area contributed by atoms with E-state index in [0.29, 0.717) is 0 Å². The zero-order valence-corrected chi connectivity index (χ0v) is 42.5. The van der Waals surface area contributed by atoms with Gasteiger partial charge in [-0.25, -0.2) is 0 Å². The summed E-state index contributed by atoms with van der Waals surface area (Å²) in [6, 6.07) is 107. The second-order valence-corrected chi connectivity index (χ2v) is 23.8. The standard InChI is InChI=1S/C72H48N2OSi/c1-6-20-49(21-7-1)51-24-18-25-54(44-51)73-66-34-17-16-32-61(66)63-47-55(38-41-68(63)73)74-67-40-36-53(60-33-19-35-71-72(60)65-45-52(37-43-70(65)75-71)50-22-8-2-9-23-50)46-62(67)64-48-59(39-42-69(64)74)76(56-26-10-3-11-27-56,57-28-12-4-13-29-57)58-30-14-5-15-31-58/h1-48H. The lowest BCUT2D eigenvalue weighted by atomic mass is 9.96. The molecular weight excluding hydrogens is 937 g/mol. The first kappa shape index (κ1) is 43.8. The summed E-state index contributed by atoms with van der Waals surface area (Å²) in [7, 11) is -2.89. The molecule has 76 heavy (non-hydrogen) atoms. The van der Waals surface area contributed by atoms with Crippen molar-refractivity contribution in [2.75, 3.05) is 0 Å². The van der Waals surface area contributed by atoms with Gasteiger partial charge in [0.1, 0.15) is 11.2 Å². The van der Waals surface area contributed by atoms with E-state index in [1.54, 1.807) is 0 Å². The minimum absolute atomic E-state index is 0.881. The minimum atomic E-state index is -2.89. The molecule has 3 nitrogen and oxygen atoms in total. The third kappa shape index (κ3) is 6.88. The Hall–Kier alpha value is -9.74. The first-order chi connectivity index (χ1) is 37.7. The summed E-state index contributed by atoms with van der Waals surface area (Å²) < 4.78 is 11.5. The Morgan fingerprint density at radius 1 is 0.250 bits per heavy atom. The Bertz CT molecular complexity index is 4580. The van der Waals surface area contributed by atoms with Crippen LogP contribution >= 0.6 is 0 Å². The third-order valence-electron chi connectivity index (χ3n) is 15.9. The van der Waals surface area contributed by atoms with Crippen LogP contribution in [0.15, 0.2) is 296 Å². The van der Waals surface area contributed by atoms with Crippen molar-refractivity contribution in [3.8, 4) is 44.8 Å². The molecule has 356 valence electrons. The van der Waals surface area contributed by atoms with Gasteiger partial charge in [-0.3, -0.25) is 0 Å². The summed E-state index contributed by atoms with van der Waals surface area (Å²) in [5, 5.41) is 12.4. The van der Waals surface area contributed by atoms with Crippen LogP contribution in [-0.4, -0.2) is 17.2 Å². The third-order valence-corrected chi connectivity index (χ3v) is 20.6. The molecule has 0 aliphatic carbocycles. The quantitative estimate of drug-likeness (QED) is 0.104. The van der Waals surface area contributed by atoms with Crippen LogP contribution < -0.4 is 20.7 Å². The van der Waals surface area contributed by atoms with Crippen molar-refractivity contribution in [1.82, 2.24) is 9.13 Å². The molecule has 4 heteroatoms. The lowest BCUT2D eigenvalue weighted by Crippen LogP contribution is -2.74. The zero-order valence-electron chi connectivity index (χ0n) is 41.5. The molecule has 0 radical (unpaired) electrons. The van der Waals surface area contributed by atoms with E-state index >= 15 is 0 Å². The summed E-state index contributed by atoms with van der Waals surface area (Å²) in [5.41, 5.74) is 15.7. The molecule has 0 N–H and O–H groups in total. The number of benzene rings is 12. The molecule has 0 saturated heterocycles. The van der Waals surface area contributed by atoms with Gasteiger partial charge in [0.2, 0.25) is 0 Å². The number of furan rings is 1. The van der Waals surface area contributed by atoms with Gasteiger partial charge in [-0.15, -0.1) is 0 Å². The second-order valence-electron chi connectivity index (χ2n) is 20.0. The minimum Gasteiger partial charge on any atom is -0.456 e. The highest BCUT2D eigenvalue weighted by Crippen LogP contribution is 2.42. The van der Waals surface area contributed by atoms with Gasteiger partial charge in [-0.2, -0.15) is 0 Å². The van der Waals surface area contributed by atoms with Crippen LogP contribution in [-0.2, 0) is 0 Å². The van der Waals surface area contributed by atoms with Gasteiger partial charge in [-0.05, 0) is 127 Å². The fraction of sp³-hybridized carbons (Fsp3) is 0. The van der Waals surface area contributed by atoms with E-state index in [9.17, 15) is 0 Å². The molecular formula is C72H48N2OSi. The lowest BCUT2D eigenvalue weighted by molar-refractivity contribution is 0.669. The van der Waals surface area contributed by atoms with Gasteiger partial charge in [0, 0.05) is 43.7 Å².